The summed E-state index contributed by atoms with van der Waals surface area (Å²) in [6.07, 6.45) is 0. The lowest BCUT2D eigenvalue weighted by Gasteiger charge is -2.02. The molecule has 8 heterocycles. The van der Waals surface area contributed by atoms with Crippen molar-refractivity contribution in [3.63, 3.8) is 0 Å². The van der Waals surface area contributed by atoms with E-state index < -0.39 is 0 Å². The molecule has 0 fully saturated rings. The number of para-hydroxylation sites is 1. The molecule has 0 aliphatic carbocycles. The number of benzene rings is 18. The molecule has 26 rings (SSSR count). The van der Waals surface area contributed by atoms with Crippen LogP contribution in [0.25, 0.3) is 233 Å². The van der Waals surface area contributed by atoms with E-state index in [1.54, 1.807) is 0 Å². The smallest absolute Gasteiger partial charge is 0.0544 e. The fourth-order valence-corrected chi connectivity index (χ4v) is 21.7. The Labute approximate surface area is 608 Å². The fraction of sp³-hybridized carbons (Fsp3) is 0. The first kappa shape index (κ1) is 58.3. The van der Waals surface area contributed by atoms with Crippen molar-refractivity contribution in [1.82, 2.24) is 19.9 Å². The second kappa shape index (κ2) is 22.5. The normalized spacial score (nSPS) is 12.2. The Morgan fingerprint density at radius 1 is 0.154 bits per heavy atom. The summed E-state index contributed by atoms with van der Waals surface area (Å²) >= 11 is 7.54. The summed E-state index contributed by atoms with van der Waals surface area (Å²) < 4.78 is 10.9. The average Bonchev–Trinajstić information content (AvgIpc) is 1.61. The molecule has 18 aromatic carbocycles. The van der Waals surface area contributed by atoms with Gasteiger partial charge in [0.2, 0.25) is 0 Å². The predicted octanol–water partition coefficient (Wildman–Crippen LogP) is 29.7. The zero-order valence-corrected chi connectivity index (χ0v) is 58.9. The molecule has 0 spiro atoms. The quantitative estimate of drug-likeness (QED) is 0.117. The number of aromatic amines is 4. The molecule has 4 N–H and O–H groups in total. The number of fused-ring (bicyclic) bond motifs is 35. The lowest BCUT2D eigenvalue weighted by molar-refractivity contribution is 1.56. The molecule has 0 saturated carbocycles. The highest BCUT2D eigenvalue weighted by atomic mass is 32.1. The minimum absolute atomic E-state index is 1.21. The highest BCUT2D eigenvalue weighted by Gasteiger charge is 2.19. The van der Waals surface area contributed by atoms with Gasteiger partial charge in [-0.1, -0.05) is 224 Å². The van der Waals surface area contributed by atoms with E-state index in [9.17, 15) is 0 Å². The van der Waals surface area contributed by atoms with Crippen LogP contribution in [-0.4, -0.2) is 19.9 Å². The Bertz CT molecular complexity index is 8000. The minimum Gasteiger partial charge on any atom is -0.354 e. The van der Waals surface area contributed by atoms with Crippen LogP contribution in [0.1, 0.15) is 0 Å². The van der Waals surface area contributed by atoms with Crippen LogP contribution in [0.15, 0.2) is 315 Å². The number of rotatable bonds is 0. The van der Waals surface area contributed by atoms with Gasteiger partial charge >= 0.3 is 0 Å². The summed E-state index contributed by atoms with van der Waals surface area (Å²) in [7, 11) is 0. The van der Waals surface area contributed by atoms with E-state index in [4.69, 9.17) is 0 Å². The Balaban J connectivity index is 0.0000000850. The maximum absolute atomic E-state index is 3.67. The molecule has 0 radical (unpaired) electrons. The van der Waals surface area contributed by atoms with Crippen molar-refractivity contribution in [2.24, 2.45) is 0 Å². The molecule has 0 atom stereocenters. The number of nitrogens with one attached hydrogen (secondary N) is 4. The maximum atomic E-state index is 3.67. The van der Waals surface area contributed by atoms with Gasteiger partial charge in [0.05, 0.1) is 5.52 Å². The van der Waals surface area contributed by atoms with Crippen molar-refractivity contribution in [3.05, 3.63) is 315 Å². The highest BCUT2D eigenvalue weighted by Crippen LogP contribution is 2.47. The van der Waals surface area contributed by atoms with E-state index >= 15 is 0 Å². The Kier molecular flexibility index (Phi) is 12.6. The fourth-order valence-electron chi connectivity index (χ4n) is 17.1. The van der Waals surface area contributed by atoms with Gasteiger partial charge in [-0.05, 0) is 150 Å². The molecule has 8 heteroatoms. The average molecular weight is 1390 g/mol. The van der Waals surface area contributed by atoms with E-state index in [-0.39, 0.29) is 0 Å². The number of hydrogen-bond acceptors (Lipinski definition) is 4. The van der Waals surface area contributed by atoms with Gasteiger partial charge in [-0.25, -0.2) is 0 Å². The zero-order valence-electron chi connectivity index (χ0n) is 55.7. The monoisotopic (exact) mass is 1390 g/mol. The molecule has 0 bridgehead atoms. The molecule has 0 unspecified atom stereocenters. The number of hydrogen-bond donors (Lipinski definition) is 4. The van der Waals surface area contributed by atoms with Crippen molar-refractivity contribution in [2.75, 3.05) is 0 Å². The van der Waals surface area contributed by atoms with Gasteiger partial charge in [0.25, 0.3) is 0 Å². The third kappa shape index (κ3) is 8.93. The second-order valence-electron chi connectivity index (χ2n) is 27.7. The number of H-pyrrole nitrogens is 4. The number of thiophene rings is 4. The van der Waals surface area contributed by atoms with E-state index in [0.29, 0.717) is 0 Å². The Morgan fingerprint density at radius 2 is 0.558 bits per heavy atom. The lowest BCUT2D eigenvalue weighted by atomic mass is 10.0. The van der Waals surface area contributed by atoms with Crippen molar-refractivity contribution in [2.45, 2.75) is 0 Å². The minimum atomic E-state index is 1.21. The van der Waals surface area contributed by atoms with Crippen LogP contribution in [0.4, 0.5) is 0 Å². The molecule has 104 heavy (non-hydrogen) atoms. The van der Waals surface area contributed by atoms with Crippen LogP contribution in [0.3, 0.4) is 0 Å². The van der Waals surface area contributed by atoms with Crippen LogP contribution in [0.2, 0.25) is 0 Å². The number of aromatic nitrogens is 4. The second-order valence-corrected chi connectivity index (χ2v) is 32.0. The SMILES string of the molecule is c1ccc2c(c1)ccc1[nH]c3cc4sc5ccc6ccccc6c5c4cc3c12.c1ccc2c(c1)ccc1c3cc4sc5ccccc5c4cc3[nH]c21.c1ccc2c(c1)ccc1sc3cc4[nH]c5ccccc5c4cc3c12.c1ccc2cc3c(cc2c1)[nH]c1cc2sc4c5ccccc5ccc4c2cc13. The third-order valence-corrected chi connectivity index (χ3v) is 26.5. The van der Waals surface area contributed by atoms with Gasteiger partial charge in [-0.15, -0.1) is 45.3 Å². The molecule has 26 aromatic rings. The molecule has 0 saturated heterocycles. The predicted molar refractivity (Wildman–Crippen MR) is 460 cm³/mol. The molecule has 0 aliphatic heterocycles. The molecular weight excluding hydrogens is 1340 g/mol. The third-order valence-electron chi connectivity index (χ3n) is 21.9. The summed E-state index contributed by atoms with van der Waals surface area (Å²) in [4.78, 5) is 14.5. The van der Waals surface area contributed by atoms with Crippen LogP contribution >= 0.6 is 45.3 Å². The van der Waals surface area contributed by atoms with Gasteiger partial charge in [0.1, 0.15) is 0 Å². The molecule has 8 aromatic heterocycles. The standard InChI is InChI=1S/2C26H15NS.2C22H13NS/c1-3-7-17-15(5-1)9-11-21-25(17)19-13-20-24(14-22(19)27-21)28-23-12-10-16-6-2-4-8-18(16)26(20)23;1-2-7-17-12-23-20(11-16(17)6-1)21-13-22-19-10-9-15-5-3-4-8-18(15)26(19)28-25(22)14-24(21)27-23;1-2-6-14-13(5-1)9-10-20-22(14)17-11-16-15-7-3-4-8-18(15)23-19(16)12-21(17)24-20;1-2-6-14-13(5-1)9-10-16-17-12-21-18(11-19(17)23-22(14)16)15-7-3-4-8-20(15)24-21/h2*1-14,27H;2*1-12,23H. The van der Waals surface area contributed by atoms with E-state index in [2.05, 4.69) is 335 Å². The molecule has 484 valence electrons. The van der Waals surface area contributed by atoms with Crippen molar-refractivity contribution >= 4 is 278 Å². The summed E-state index contributed by atoms with van der Waals surface area (Å²) in [5.74, 6) is 0. The molecular formula is C96H56N4S4. The van der Waals surface area contributed by atoms with E-state index in [1.165, 1.54) is 233 Å². The van der Waals surface area contributed by atoms with Crippen LogP contribution in [0.5, 0.6) is 0 Å². The summed E-state index contributed by atoms with van der Waals surface area (Å²) in [6.45, 7) is 0. The first-order valence-electron chi connectivity index (χ1n) is 35.3. The highest BCUT2D eigenvalue weighted by molar-refractivity contribution is 7.27. The first-order chi connectivity index (χ1) is 51.5. The summed E-state index contributed by atoms with van der Waals surface area (Å²) in [5.41, 5.74) is 9.74. The molecule has 0 amide bonds. The Morgan fingerprint density at radius 3 is 1.24 bits per heavy atom. The zero-order chi connectivity index (χ0) is 67.8. The van der Waals surface area contributed by atoms with Crippen LogP contribution in [-0.2, 0) is 0 Å². The summed E-state index contributed by atoms with van der Waals surface area (Å²) in [6, 6.07) is 115. The van der Waals surface area contributed by atoms with Crippen LogP contribution in [0, 0.1) is 0 Å². The van der Waals surface area contributed by atoms with Crippen molar-refractivity contribution in [3.8, 4) is 0 Å². The molecule has 0 aliphatic rings. The largest absolute Gasteiger partial charge is 0.354 e. The molecule has 4 nitrogen and oxygen atoms in total. The van der Waals surface area contributed by atoms with Gasteiger partial charge in [-0.3, -0.25) is 0 Å². The topological polar surface area (TPSA) is 63.2 Å². The van der Waals surface area contributed by atoms with Crippen molar-refractivity contribution in [1.29, 1.82) is 0 Å². The van der Waals surface area contributed by atoms with E-state index in [1.807, 2.05) is 45.3 Å². The van der Waals surface area contributed by atoms with Crippen molar-refractivity contribution < 1.29 is 0 Å². The van der Waals surface area contributed by atoms with Gasteiger partial charge in [0.15, 0.2) is 0 Å². The van der Waals surface area contributed by atoms with Crippen LogP contribution < -0.4 is 0 Å². The lowest BCUT2D eigenvalue weighted by Crippen LogP contribution is -1.75. The van der Waals surface area contributed by atoms with Gasteiger partial charge < -0.3 is 19.9 Å². The first-order valence-corrected chi connectivity index (χ1v) is 38.6. The van der Waals surface area contributed by atoms with Gasteiger partial charge in [-0.2, -0.15) is 0 Å². The van der Waals surface area contributed by atoms with Gasteiger partial charge in [0, 0.05) is 168 Å². The summed E-state index contributed by atoms with van der Waals surface area (Å²) in [5, 5.41) is 37.1. The Hall–Kier alpha value is -12.4. The van der Waals surface area contributed by atoms with E-state index in [0.717, 1.165) is 0 Å². The maximum Gasteiger partial charge on any atom is 0.0544 e.